The van der Waals surface area contributed by atoms with Crippen LogP contribution >= 0.6 is 0 Å². The highest BCUT2D eigenvalue weighted by atomic mass is 15.2. The van der Waals surface area contributed by atoms with E-state index in [1.807, 2.05) is 7.05 Å². The standard InChI is InChI=1S/C18H28N4/c1-15(22(3)14-16-9-5-4-6-10-16)13-20-18(19-2)21-17-11-7-8-12-17/h4-10,15,17H,11-14H2,1-3H3,(H2,19,20,21). The molecule has 0 aliphatic heterocycles. The van der Waals surface area contributed by atoms with Gasteiger partial charge in [-0.3, -0.25) is 9.89 Å². The van der Waals surface area contributed by atoms with Gasteiger partial charge < -0.3 is 10.6 Å². The molecule has 1 unspecified atom stereocenters. The fourth-order valence-electron chi connectivity index (χ4n) is 2.55. The Kier molecular flexibility index (Phi) is 6.46. The molecule has 0 aromatic heterocycles. The monoisotopic (exact) mass is 300 g/mol. The maximum absolute atomic E-state index is 4.31. The molecule has 4 nitrogen and oxygen atoms in total. The molecule has 0 heterocycles. The number of nitrogens with zero attached hydrogens (tertiary/aromatic N) is 2. The fourth-order valence-corrected chi connectivity index (χ4v) is 2.55. The van der Waals surface area contributed by atoms with E-state index >= 15 is 0 Å². The zero-order valence-electron chi connectivity index (χ0n) is 13.9. The van der Waals surface area contributed by atoms with E-state index in [9.17, 15) is 0 Å². The van der Waals surface area contributed by atoms with Crippen LogP contribution in [0.2, 0.25) is 0 Å². The molecule has 0 spiro atoms. The molecule has 0 bridgehead atoms. The summed E-state index contributed by atoms with van der Waals surface area (Å²) < 4.78 is 0. The predicted octanol–water partition coefficient (Wildman–Crippen LogP) is 2.39. The van der Waals surface area contributed by atoms with Crippen molar-refractivity contribution < 1.29 is 0 Å². The molecule has 1 aliphatic carbocycles. The van der Waals surface area contributed by atoms with Gasteiger partial charge in [-0.1, -0.05) is 42.5 Å². The highest BCUT2D eigenvalue weighted by Crippen LogP contribution is 2.09. The maximum atomic E-state index is 4.31. The molecule has 0 saturated heterocycles. The lowest BCUT2D eigenvalue weighted by atomic mass is 10.2. The van der Waals surface area contributed by atoms with Crippen LogP contribution in [0.25, 0.3) is 0 Å². The summed E-state index contributed by atoms with van der Waals surface area (Å²) in [6.45, 7) is 4.08. The van der Waals surface area contributed by atoms with Crippen LogP contribution in [-0.4, -0.2) is 43.6 Å². The number of benzene rings is 1. The second kappa shape index (κ2) is 8.59. The lowest BCUT2D eigenvalue weighted by Crippen LogP contribution is -2.47. The first-order chi connectivity index (χ1) is 10.7. The number of hydrogen-bond acceptors (Lipinski definition) is 2. The van der Waals surface area contributed by atoms with E-state index < -0.39 is 0 Å². The zero-order chi connectivity index (χ0) is 15.8. The van der Waals surface area contributed by atoms with Crippen molar-refractivity contribution in [3.05, 3.63) is 48.0 Å². The zero-order valence-corrected chi connectivity index (χ0v) is 13.9. The number of aliphatic imine (C=N–C) groups is 1. The third kappa shape index (κ3) is 5.19. The Hall–Kier alpha value is -1.81. The molecule has 1 aromatic rings. The van der Waals surface area contributed by atoms with Crippen molar-refractivity contribution in [2.75, 3.05) is 20.6 Å². The summed E-state index contributed by atoms with van der Waals surface area (Å²) in [6.07, 6.45) is 6.62. The van der Waals surface area contributed by atoms with Crippen molar-refractivity contribution in [3.8, 4) is 0 Å². The van der Waals surface area contributed by atoms with Crippen molar-refractivity contribution in [1.82, 2.24) is 15.5 Å². The first-order valence-electron chi connectivity index (χ1n) is 8.05. The lowest BCUT2D eigenvalue weighted by Gasteiger charge is -2.26. The average molecular weight is 300 g/mol. The number of rotatable bonds is 6. The molecule has 1 aromatic carbocycles. The Morgan fingerprint density at radius 3 is 2.59 bits per heavy atom. The van der Waals surface area contributed by atoms with Crippen molar-refractivity contribution in [3.63, 3.8) is 0 Å². The summed E-state index contributed by atoms with van der Waals surface area (Å²) in [6, 6.07) is 11.5. The summed E-state index contributed by atoms with van der Waals surface area (Å²) >= 11 is 0. The van der Waals surface area contributed by atoms with Crippen molar-refractivity contribution in [1.29, 1.82) is 0 Å². The number of hydrogen-bond donors (Lipinski definition) is 2. The van der Waals surface area contributed by atoms with Crippen LogP contribution in [0.5, 0.6) is 0 Å². The Labute approximate surface area is 134 Å². The van der Waals surface area contributed by atoms with Crippen LogP contribution < -0.4 is 10.6 Å². The van der Waals surface area contributed by atoms with Crippen LogP contribution in [-0.2, 0) is 6.54 Å². The van der Waals surface area contributed by atoms with Gasteiger partial charge in [-0.25, -0.2) is 0 Å². The molecule has 120 valence electrons. The molecule has 2 rings (SSSR count). The van der Waals surface area contributed by atoms with Gasteiger partial charge in [0.05, 0.1) is 0 Å². The van der Waals surface area contributed by atoms with Gasteiger partial charge in [0, 0.05) is 32.2 Å². The number of guanidine groups is 1. The molecular weight excluding hydrogens is 272 g/mol. The topological polar surface area (TPSA) is 39.7 Å². The van der Waals surface area contributed by atoms with Crippen molar-refractivity contribution in [2.45, 2.75) is 38.4 Å². The van der Waals surface area contributed by atoms with Gasteiger partial charge in [-0.15, -0.1) is 0 Å². The largest absolute Gasteiger partial charge is 0.355 e. The summed E-state index contributed by atoms with van der Waals surface area (Å²) in [7, 11) is 3.99. The molecule has 1 atom stereocenters. The van der Waals surface area contributed by atoms with Crippen LogP contribution in [0.15, 0.2) is 47.5 Å². The Balaban J connectivity index is 1.74. The van der Waals surface area contributed by atoms with Gasteiger partial charge in [-0.2, -0.15) is 0 Å². The van der Waals surface area contributed by atoms with E-state index in [1.165, 1.54) is 5.56 Å². The Morgan fingerprint density at radius 2 is 1.95 bits per heavy atom. The van der Waals surface area contributed by atoms with Crippen molar-refractivity contribution in [2.24, 2.45) is 4.99 Å². The highest BCUT2D eigenvalue weighted by Gasteiger charge is 2.13. The molecule has 1 aliphatic rings. The maximum Gasteiger partial charge on any atom is 0.191 e. The third-order valence-electron chi connectivity index (χ3n) is 4.16. The smallest absolute Gasteiger partial charge is 0.191 e. The summed E-state index contributed by atoms with van der Waals surface area (Å²) in [5.74, 6) is 0.897. The minimum absolute atomic E-state index is 0.431. The fraction of sp³-hybridized carbons (Fsp3) is 0.500. The quantitative estimate of drug-likeness (QED) is 0.481. The second-order valence-electron chi connectivity index (χ2n) is 5.99. The summed E-state index contributed by atoms with van der Waals surface area (Å²) in [5.41, 5.74) is 1.34. The van der Waals surface area contributed by atoms with Crippen LogP contribution in [0.3, 0.4) is 0 Å². The summed E-state index contributed by atoms with van der Waals surface area (Å²) in [4.78, 5) is 6.67. The van der Waals surface area contributed by atoms with E-state index in [2.05, 4.69) is 77.0 Å². The van der Waals surface area contributed by atoms with E-state index in [-0.39, 0.29) is 0 Å². The Bertz CT molecular complexity index is 487. The Morgan fingerprint density at radius 1 is 1.27 bits per heavy atom. The van der Waals surface area contributed by atoms with E-state index in [0.717, 1.165) is 31.9 Å². The van der Waals surface area contributed by atoms with Crippen molar-refractivity contribution >= 4 is 5.96 Å². The highest BCUT2D eigenvalue weighted by molar-refractivity contribution is 5.80. The van der Waals surface area contributed by atoms with Gasteiger partial charge in [0.2, 0.25) is 0 Å². The van der Waals surface area contributed by atoms with Crippen LogP contribution in [0.4, 0.5) is 0 Å². The molecule has 4 heteroatoms. The predicted molar refractivity (Wildman–Crippen MR) is 94.0 cm³/mol. The number of nitrogens with one attached hydrogen (secondary N) is 2. The van der Waals surface area contributed by atoms with Gasteiger partial charge >= 0.3 is 0 Å². The van der Waals surface area contributed by atoms with Gasteiger partial charge in [0.25, 0.3) is 0 Å². The van der Waals surface area contributed by atoms with E-state index in [1.54, 1.807) is 0 Å². The average Bonchev–Trinajstić information content (AvgIpc) is 3.05. The van der Waals surface area contributed by atoms with Gasteiger partial charge in [0.15, 0.2) is 5.96 Å². The summed E-state index contributed by atoms with van der Waals surface area (Å²) in [5, 5.41) is 6.90. The first kappa shape index (κ1) is 16.6. The molecule has 0 fully saturated rings. The normalized spacial score (nSPS) is 17.0. The van der Waals surface area contributed by atoms with Crippen LogP contribution in [0, 0.1) is 0 Å². The molecule has 0 amide bonds. The van der Waals surface area contributed by atoms with E-state index in [4.69, 9.17) is 0 Å². The molecule has 2 N–H and O–H groups in total. The molecule has 22 heavy (non-hydrogen) atoms. The first-order valence-corrected chi connectivity index (χ1v) is 8.05. The molecule has 0 saturated carbocycles. The SMILES string of the molecule is CN=C(NCC(C)N(C)Cc1ccccc1)NC1CC=CC1. The van der Waals surface area contributed by atoms with Gasteiger partial charge in [-0.05, 0) is 32.4 Å². The minimum atomic E-state index is 0.431. The second-order valence-corrected chi connectivity index (χ2v) is 5.99. The van der Waals surface area contributed by atoms with Gasteiger partial charge in [0.1, 0.15) is 0 Å². The van der Waals surface area contributed by atoms with E-state index in [0.29, 0.717) is 12.1 Å². The molecular formula is C18H28N4. The third-order valence-corrected chi connectivity index (χ3v) is 4.16. The number of likely N-dealkylation sites (N-methyl/N-ethyl adjacent to an activating group) is 1. The minimum Gasteiger partial charge on any atom is -0.355 e. The molecule has 0 radical (unpaired) electrons. The van der Waals surface area contributed by atoms with Crippen LogP contribution in [0.1, 0.15) is 25.3 Å². The lowest BCUT2D eigenvalue weighted by molar-refractivity contribution is 0.249.